The van der Waals surface area contributed by atoms with Gasteiger partial charge in [-0.15, -0.1) is 0 Å². The number of Topliss-reactive ketones (excluding diaryl/α,β-unsaturated/α-hetero) is 1. The van der Waals surface area contributed by atoms with Crippen LogP contribution in [0.5, 0.6) is 0 Å². The van der Waals surface area contributed by atoms with E-state index in [4.69, 9.17) is 0 Å². The minimum absolute atomic E-state index is 0.477. The quantitative estimate of drug-likeness (QED) is 0.569. The zero-order chi connectivity index (χ0) is 8.81. The Labute approximate surface area is 79.3 Å². The van der Waals surface area contributed by atoms with Gasteiger partial charge in [0.1, 0.15) is 5.78 Å². The van der Waals surface area contributed by atoms with Gasteiger partial charge in [-0.05, 0) is 37.7 Å². The monoisotopic (exact) mass is 186 g/mol. The minimum Gasteiger partial charge on any atom is -0.299 e. The predicted molar refractivity (Wildman–Crippen MR) is 54.6 cm³/mol. The fourth-order valence-electron chi connectivity index (χ4n) is 1.33. The number of hydrogen-bond acceptors (Lipinski definition) is 2. The van der Waals surface area contributed by atoms with Crippen LogP contribution >= 0.6 is 11.8 Å². The Morgan fingerprint density at radius 2 is 2.08 bits per heavy atom. The molecule has 12 heavy (non-hydrogen) atoms. The molecule has 0 atom stereocenters. The van der Waals surface area contributed by atoms with Gasteiger partial charge in [0.2, 0.25) is 0 Å². The third-order valence-electron chi connectivity index (χ3n) is 2.30. The Morgan fingerprint density at radius 3 is 2.67 bits per heavy atom. The van der Waals surface area contributed by atoms with Crippen molar-refractivity contribution in [3.63, 3.8) is 0 Å². The number of thioether (sulfide) groups is 1. The first kappa shape index (κ1) is 10.1. The molecule has 0 bridgehead atoms. The van der Waals surface area contributed by atoms with Gasteiger partial charge in [0.15, 0.2) is 0 Å². The van der Waals surface area contributed by atoms with Crippen molar-refractivity contribution in [2.24, 2.45) is 5.92 Å². The second-order valence-corrected chi connectivity index (χ2v) is 4.53. The van der Waals surface area contributed by atoms with Crippen LogP contribution in [0.15, 0.2) is 0 Å². The van der Waals surface area contributed by atoms with Crippen LogP contribution in [0.1, 0.15) is 38.5 Å². The first-order valence-electron chi connectivity index (χ1n) is 4.86. The van der Waals surface area contributed by atoms with E-state index in [1.54, 1.807) is 0 Å². The molecule has 1 aliphatic rings. The molecule has 70 valence electrons. The van der Waals surface area contributed by atoms with Gasteiger partial charge in [0, 0.05) is 12.3 Å². The second kappa shape index (κ2) is 5.63. The third kappa shape index (κ3) is 4.15. The molecule has 0 radical (unpaired) electrons. The maximum atomic E-state index is 11.2. The van der Waals surface area contributed by atoms with Crippen LogP contribution in [-0.2, 0) is 4.79 Å². The molecular weight excluding hydrogens is 168 g/mol. The Balaban J connectivity index is 1.84. The average Bonchev–Trinajstić information content (AvgIpc) is 2.86. The van der Waals surface area contributed by atoms with Crippen LogP contribution in [0.3, 0.4) is 0 Å². The summed E-state index contributed by atoms with van der Waals surface area (Å²) in [5, 5.41) is 0. The predicted octanol–water partition coefficient (Wildman–Crippen LogP) is 2.89. The molecule has 0 aromatic carbocycles. The standard InChI is InChI=1S/C10H18OS/c1-12-8-4-2-3-5-10(11)9-6-7-9/h9H,2-8H2,1H3. The van der Waals surface area contributed by atoms with E-state index in [0.717, 1.165) is 12.8 Å². The Kier molecular flexibility index (Phi) is 4.74. The minimum atomic E-state index is 0.477. The van der Waals surface area contributed by atoms with Gasteiger partial charge in [0.25, 0.3) is 0 Å². The van der Waals surface area contributed by atoms with Crippen molar-refractivity contribution in [2.75, 3.05) is 12.0 Å². The lowest BCUT2D eigenvalue weighted by molar-refractivity contribution is -0.120. The van der Waals surface area contributed by atoms with Gasteiger partial charge in [-0.3, -0.25) is 4.79 Å². The number of carbonyl (C=O) groups is 1. The number of hydrogen-bond donors (Lipinski definition) is 0. The van der Waals surface area contributed by atoms with Gasteiger partial charge in [-0.2, -0.15) is 11.8 Å². The summed E-state index contributed by atoms with van der Waals surface area (Å²) in [7, 11) is 0. The molecule has 0 aromatic heterocycles. The van der Waals surface area contributed by atoms with Crippen molar-refractivity contribution in [1.29, 1.82) is 0 Å². The van der Waals surface area contributed by atoms with E-state index >= 15 is 0 Å². The van der Waals surface area contributed by atoms with E-state index in [1.165, 1.54) is 31.4 Å². The molecule has 0 N–H and O–H groups in total. The van der Waals surface area contributed by atoms with Gasteiger partial charge in [-0.1, -0.05) is 6.42 Å². The van der Waals surface area contributed by atoms with E-state index in [1.807, 2.05) is 11.8 Å². The van der Waals surface area contributed by atoms with Crippen molar-refractivity contribution >= 4 is 17.5 Å². The summed E-state index contributed by atoms with van der Waals surface area (Å²) in [6.45, 7) is 0. The second-order valence-electron chi connectivity index (χ2n) is 3.54. The molecule has 1 saturated carbocycles. The van der Waals surface area contributed by atoms with Crippen molar-refractivity contribution in [1.82, 2.24) is 0 Å². The summed E-state index contributed by atoms with van der Waals surface area (Å²) in [5.41, 5.74) is 0. The van der Waals surface area contributed by atoms with E-state index in [9.17, 15) is 4.79 Å². The molecule has 0 heterocycles. The number of ketones is 1. The van der Waals surface area contributed by atoms with Gasteiger partial charge in [-0.25, -0.2) is 0 Å². The van der Waals surface area contributed by atoms with Gasteiger partial charge < -0.3 is 0 Å². The summed E-state index contributed by atoms with van der Waals surface area (Å²) in [6.07, 6.45) is 8.95. The van der Waals surface area contributed by atoms with E-state index in [-0.39, 0.29) is 0 Å². The molecule has 1 rings (SSSR count). The summed E-state index contributed by atoms with van der Waals surface area (Å²) in [4.78, 5) is 11.2. The van der Waals surface area contributed by atoms with Crippen LogP contribution in [-0.4, -0.2) is 17.8 Å². The lowest BCUT2D eigenvalue weighted by Crippen LogP contribution is -1.99. The van der Waals surface area contributed by atoms with Crippen molar-refractivity contribution in [3.8, 4) is 0 Å². The van der Waals surface area contributed by atoms with Gasteiger partial charge >= 0.3 is 0 Å². The topological polar surface area (TPSA) is 17.1 Å². The van der Waals surface area contributed by atoms with Crippen molar-refractivity contribution in [2.45, 2.75) is 38.5 Å². The molecule has 1 fully saturated rings. The summed E-state index contributed by atoms with van der Waals surface area (Å²) < 4.78 is 0. The maximum absolute atomic E-state index is 11.2. The Hall–Kier alpha value is 0.0200. The first-order chi connectivity index (χ1) is 5.84. The molecule has 0 amide bonds. The summed E-state index contributed by atoms with van der Waals surface area (Å²) in [5.74, 6) is 2.25. The molecule has 1 nitrogen and oxygen atoms in total. The van der Waals surface area contributed by atoms with Crippen LogP contribution in [0.2, 0.25) is 0 Å². The fourth-order valence-corrected chi connectivity index (χ4v) is 1.82. The van der Waals surface area contributed by atoms with E-state index in [2.05, 4.69) is 6.26 Å². The van der Waals surface area contributed by atoms with Crippen LogP contribution in [0.25, 0.3) is 0 Å². The number of rotatable bonds is 7. The lowest BCUT2D eigenvalue weighted by atomic mass is 10.1. The highest BCUT2D eigenvalue weighted by molar-refractivity contribution is 7.98. The van der Waals surface area contributed by atoms with Crippen molar-refractivity contribution < 1.29 is 4.79 Å². The smallest absolute Gasteiger partial charge is 0.135 e. The zero-order valence-electron chi connectivity index (χ0n) is 7.84. The molecule has 0 aromatic rings. The average molecular weight is 186 g/mol. The molecule has 0 saturated heterocycles. The Morgan fingerprint density at radius 1 is 1.33 bits per heavy atom. The number of unbranched alkanes of at least 4 members (excludes halogenated alkanes) is 2. The molecule has 2 heteroatoms. The molecular formula is C10H18OS. The van der Waals surface area contributed by atoms with E-state index < -0.39 is 0 Å². The first-order valence-corrected chi connectivity index (χ1v) is 6.25. The highest BCUT2D eigenvalue weighted by Gasteiger charge is 2.28. The third-order valence-corrected chi connectivity index (χ3v) is 3.00. The van der Waals surface area contributed by atoms with Gasteiger partial charge in [0.05, 0.1) is 0 Å². The highest BCUT2D eigenvalue weighted by Crippen LogP contribution is 2.31. The Bertz CT molecular complexity index is 141. The molecule has 0 spiro atoms. The van der Waals surface area contributed by atoms with Crippen molar-refractivity contribution in [3.05, 3.63) is 0 Å². The lowest BCUT2D eigenvalue weighted by Gasteiger charge is -1.98. The maximum Gasteiger partial charge on any atom is 0.135 e. The zero-order valence-corrected chi connectivity index (χ0v) is 8.66. The normalized spacial score (nSPS) is 16.4. The van der Waals surface area contributed by atoms with Crippen LogP contribution in [0, 0.1) is 5.92 Å². The summed E-state index contributed by atoms with van der Waals surface area (Å²) >= 11 is 1.89. The SMILES string of the molecule is CSCCCCCC(=O)C1CC1. The number of carbonyl (C=O) groups excluding carboxylic acids is 1. The largest absolute Gasteiger partial charge is 0.299 e. The summed E-state index contributed by atoms with van der Waals surface area (Å²) in [6, 6.07) is 0. The molecule has 1 aliphatic carbocycles. The molecule has 0 unspecified atom stereocenters. The van der Waals surface area contributed by atoms with Crippen LogP contribution < -0.4 is 0 Å². The fraction of sp³-hybridized carbons (Fsp3) is 0.900. The molecule has 0 aliphatic heterocycles. The van der Waals surface area contributed by atoms with E-state index in [0.29, 0.717) is 11.7 Å². The van der Waals surface area contributed by atoms with Crippen LogP contribution in [0.4, 0.5) is 0 Å². The highest BCUT2D eigenvalue weighted by atomic mass is 32.2.